The van der Waals surface area contributed by atoms with E-state index in [9.17, 15) is 5.11 Å². The normalized spacial score (nSPS) is 29.5. The Bertz CT molecular complexity index is 703. The molecule has 3 heteroatoms. The van der Waals surface area contributed by atoms with Crippen molar-refractivity contribution in [1.82, 2.24) is 9.78 Å². The summed E-state index contributed by atoms with van der Waals surface area (Å²) in [5.74, 6) is 0.620. The van der Waals surface area contributed by atoms with Crippen molar-refractivity contribution in [3.63, 3.8) is 0 Å². The molecule has 116 valence electrons. The van der Waals surface area contributed by atoms with Crippen LogP contribution in [0.2, 0.25) is 0 Å². The van der Waals surface area contributed by atoms with Crippen molar-refractivity contribution in [2.75, 3.05) is 0 Å². The van der Waals surface area contributed by atoms with Crippen LogP contribution < -0.4 is 0 Å². The fraction of sp³-hybridized carbons (Fsp3) is 0.526. The predicted octanol–water partition coefficient (Wildman–Crippen LogP) is 3.79. The number of aromatic nitrogens is 2. The lowest BCUT2D eigenvalue weighted by Gasteiger charge is -2.34. The Labute approximate surface area is 132 Å². The van der Waals surface area contributed by atoms with Crippen molar-refractivity contribution in [3.05, 3.63) is 53.3 Å². The number of fused-ring (bicyclic) bond motifs is 5. The molecule has 1 fully saturated rings. The summed E-state index contributed by atoms with van der Waals surface area (Å²) in [6, 6.07) is 9.84. The summed E-state index contributed by atoms with van der Waals surface area (Å²) < 4.78 is 1.95. The van der Waals surface area contributed by atoms with Gasteiger partial charge in [0.05, 0.1) is 18.3 Å². The predicted molar refractivity (Wildman–Crippen MR) is 86.7 cm³/mol. The van der Waals surface area contributed by atoms with Gasteiger partial charge in [0.2, 0.25) is 0 Å². The van der Waals surface area contributed by atoms with Crippen LogP contribution in [0.1, 0.15) is 62.5 Å². The summed E-state index contributed by atoms with van der Waals surface area (Å²) in [4.78, 5) is 0. The first-order chi connectivity index (χ1) is 10.4. The summed E-state index contributed by atoms with van der Waals surface area (Å²) in [5, 5.41) is 15.3. The van der Waals surface area contributed by atoms with Gasteiger partial charge in [0.1, 0.15) is 0 Å². The van der Waals surface area contributed by atoms with Crippen molar-refractivity contribution in [1.29, 1.82) is 0 Å². The third-order valence-corrected chi connectivity index (χ3v) is 6.46. The van der Waals surface area contributed by atoms with Gasteiger partial charge >= 0.3 is 0 Å². The van der Waals surface area contributed by atoms with Gasteiger partial charge in [-0.15, -0.1) is 0 Å². The van der Waals surface area contributed by atoms with Crippen molar-refractivity contribution in [2.24, 2.45) is 5.41 Å². The molecular weight excluding hydrogens is 272 g/mol. The molecule has 2 aromatic rings. The molecule has 2 bridgehead atoms. The van der Waals surface area contributed by atoms with Crippen LogP contribution in [0, 0.1) is 5.41 Å². The van der Waals surface area contributed by atoms with E-state index in [4.69, 9.17) is 5.10 Å². The third-order valence-electron chi connectivity index (χ3n) is 6.46. The van der Waals surface area contributed by atoms with Crippen LogP contribution >= 0.6 is 0 Å². The topological polar surface area (TPSA) is 38.0 Å². The monoisotopic (exact) mass is 296 g/mol. The van der Waals surface area contributed by atoms with Gasteiger partial charge in [-0.1, -0.05) is 51.1 Å². The van der Waals surface area contributed by atoms with E-state index < -0.39 is 6.10 Å². The standard InChI is InChI=1S/C19H24N2O/c1-18(2)15-9-10-19(18,3)17-14(15)11-21(20-17)12-16(22)13-7-5-4-6-8-13/h4-8,11,15-16,22H,9-10,12H2,1-3H3/t15-,16-,19+/m1/s1. The molecule has 3 atom stereocenters. The Kier molecular flexibility index (Phi) is 2.83. The highest BCUT2D eigenvalue weighted by Gasteiger charge is 2.61. The lowest BCUT2D eigenvalue weighted by molar-refractivity contribution is 0.149. The van der Waals surface area contributed by atoms with Crippen LogP contribution in [-0.2, 0) is 12.0 Å². The first-order valence-electron chi connectivity index (χ1n) is 8.24. The molecule has 1 heterocycles. The van der Waals surface area contributed by atoms with Gasteiger partial charge in [-0.05, 0) is 35.3 Å². The zero-order valence-electron chi connectivity index (χ0n) is 13.6. The van der Waals surface area contributed by atoms with E-state index in [1.807, 2.05) is 35.0 Å². The SMILES string of the molecule is CC1(C)[C@@H]2CC[C@@]1(C)c1nn(C[C@@H](O)c3ccccc3)cc12. The number of benzene rings is 1. The molecule has 2 aliphatic rings. The lowest BCUT2D eigenvalue weighted by Crippen LogP contribution is -2.32. The average molecular weight is 296 g/mol. The number of aliphatic hydroxyl groups excluding tert-OH is 1. The first kappa shape index (κ1) is 14.0. The molecule has 0 spiro atoms. The summed E-state index contributed by atoms with van der Waals surface area (Å²) in [6.45, 7) is 7.66. The largest absolute Gasteiger partial charge is 0.386 e. The minimum absolute atomic E-state index is 0.190. The van der Waals surface area contributed by atoms with Crippen LogP contribution in [-0.4, -0.2) is 14.9 Å². The maximum atomic E-state index is 10.4. The molecule has 0 radical (unpaired) electrons. The minimum atomic E-state index is -0.500. The molecular formula is C19H24N2O. The maximum absolute atomic E-state index is 10.4. The Morgan fingerprint density at radius 3 is 2.68 bits per heavy atom. The van der Waals surface area contributed by atoms with Crippen LogP contribution in [0.3, 0.4) is 0 Å². The van der Waals surface area contributed by atoms with Crippen molar-refractivity contribution in [2.45, 2.75) is 57.6 Å². The van der Waals surface area contributed by atoms with Crippen LogP contribution in [0.5, 0.6) is 0 Å². The second-order valence-corrected chi connectivity index (χ2v) is 7.73. The molecule has 0 aliphatic heterocycles. The molecule has 1 saturated carbocycles. The smallest absolute Gasteiger partial charge is 0.0985 e. The number of hydrogen-bond acceptors (Lipinski definition) is 2. The Morgan fingerprint density at radius 1 is 1.27 bits per heavy atom. The zero-order valence-corrected chi connectivity index (χ0v) is 13.6. The van der Waals surface area contributed by atoms with E-state index >= 15 is 0 Å². The van der Waals surface area contributed by atoms with Crippen LogP contribution in [0.15, 0.2) is 36.5 Å². The minimum Gasteiger partial charge on any atom is -0.386 e. The highest BCUT2D eigenvalue weighted by atomic mass is 16.3. The van der Waals surface area contributed by atoms with Gasteiger partial charge in [-0.3, -0.25) is 4.68 Å². The molecule has 4 rings (SSSR count). The quantitative estimate of drug-likeness (QED) is 0.935. The maximum Gasteiger partial charge on any atom is 0.0985 e. The molecule has 1 aromatic carbocycles. The second kappa shape index (κ2) is 4.45. The Morgan fingerprint density at radius 2 is 2.00 bits per heavy atom. The highest BCUT2D eigenvalue weighted by Crippen LogP contribution is 2.67. The van der Waals surface area contributed by atoms with E-state index in [0.29, 0.717) is 17.9 Å². The second-order valence-electron chi connectivity index (χ2n) is 7.73. The van der Waals surface area contributed by atoms with Crippen molar-refractivity contribution >= 4 is 0 Å². The number of aliphatic hydroxyl groups is 1. The summed E-state index contributed by atoms with van der Waals surface area (Å²) in [6.07, 6.45) is 4.18. The van der Waals surface area contributed by atoms with E-state index in [1.54, 1.807) is 0 Å². The van der Waals surface area contributed by atoms with Crippen LogP contribution in [0.4, 0.5) is 0 Å². The van der Waals surface area contributed by atoms with E-state index in [1.165, 1.54) is 24.1 Å². The fourth-order valence-electron chi connectivity index (χ4n) is 4.64. The Hall–Kier alpha value is -1.61. The first-order valence-corrected chi connectivity index (χ1v) is 8.24. The Balaban J connectivity index is 1.62. The van der Waals surface area contributed by atoms with Crippen LogP contribution in [0.25, 0.3) is 0 Å². The van der Waals surface area contributed by atoms with E-state index in [-0.39, 0.29) is 5.41 Å². The zero-order chi connectivity index (χ0) is 15.5. The van der Waals surface area contributed by atoms with Gasteiger partial charge in [-0.25, -0.2) is 0 Å². The molecule has 0 unspecified atom stereocenters. The summed E-state index contributed by atoms with van der Waals surface area (Å²) in [7, 11) is 0. The highest BCUT2D eigenvalue weighted by molar-refractivity contribution is 5.44. The van der Waals surface area contributed by atoms with Gasteiger partial charge in [0.15, 0.2) is 0 Å². The lowest BCUT2D eigenvalue weighted by atomic mass is 9.70. The van der Waals surface area contributed by atoms with E-state index in [2.05, 4.69) is 27.0 Å². The van der Waals surface area contributed by atoms with Gasteiger partial charge < -0.3 is 5.11 Å². The van der Waals surface area contributed by atoms with Gasteiger partial charge in [-0.2, -0.15) is 5.10 Å². The molecule has 0 saturated heterocycles. The van der Waals surface area contributed by atoms with Gasteiger partial charge in [0.25, 0.3) is 0 Å². The average Bonchev–Trinajstić information content (AvgIpc) is 3.05. The molecule has 2 aliphatic carbocycles. The molecule has 1 aromatic heterocycles. The number of nitrogens with zero attached hydrogens (tertiary/aromatic N) is 2. The molecule has 0 amide bonds. The third kappa shape index (κ3) is 1.69. The number of hydrogen-bond donors (Lipinski definition) is 1. The molecule has 1 N–H and O–H groups in total. The van der Waals surface area contributed by atoms with E-state index in [0.717, 1.165) is 5.56 Å². The summed E-state index contributed by atoms with van der Waals surface area (Å²) in [5.41, 5.74) is 4.14. The summed E-state index contributed by atoms with van der Waals surface area (Å²) >= 11 is 0. The fourth-order valence-corrected chi connectivity index (χ4v) is 4.64. The van der Waals surface area contributed by atoms with Gasteiger partial charge in [0, 0.05) is 11.6 Å². The molecule has 22 heavy (non-hydrogen) atoms. The van der Waals surface area contributed by atoms with Crippen molar-refractivity contribution in [3.8, 4) is 0 Å². The van der Waals surface area contributed by atoms with Crippen molar-refractivity contribution < 1.29 is 5.11 Å². The molecule has 3 nitrogen and oxygen atoms in total. The number of rotatable bonds is 3.